The fourth-order valence-corrected chi connectivity index (χ4v) is 4.00. The quantitative estimate of drug-likeness (QED) is 0.709. The number of anilines is 1. The van der Waals surface area contributed by atoms with Crippen molar-refractivity contribution < 1.29 is 4.79 Å². The van der Waals surface area contributed by atoms with E-state index in [1.165, 1.54) is 11.1 Å². The Bertz CT molecular complexity index is 959. The molecule has 1 amide bonds. The van der Waals surface area contributed by atoms with Gasteiger partial charge in [-0.2, -0.15) is 10.1 Å². The third-order valence-electron chi connectivity index (χ3n) is 5.63. The number of rotatable bonds is 3. The van der Waals surface area contributed by atoms with E-state index in [1.54, 1.807) is 6.33 Å². The first kappa shape index (κ1) is 16.2. The number of hydrogen-bond donors (Lipinski definition) is 0. The lowest BCUT2D eigenvalue weighted by molar-refractivity contribution is -0.120. The molecule has 0 radical (unpaired) electrons. The predicted molar refractivity (Wildman–Crippen MR) is 103 cm³/mol. The second-order valence-corrected chi connectivity index (χ2v) is 7.58. The molecule has 5 nitrogen and oxygen atoms in total. The van der Waals surface area contributed by atoms with Crippen molar-refractivity contribution in [3.05, 3.63) is 77.6 Å². The van der Waals surface area contributed by atoms with Gasteiger partial charge in [-0.3, -0.25) is 9.69 Å². The van der Waals surface area contributed by atoms with Crippen LogP contribution in [-0.2, 0) is 4.79 Å². The van der Waals surface area contributed by atoms with E-state index in [0.717, 1.165) is 24.8 Å². The molecule has 1 saturated carbocycles. The van der Waals surface area contributed by atoms with Gasteiger partial charge in [0.15, 0.2) is 0 Å². The number of benzene rings is 2. The maximum Gasteiger partial charge on any atom is 0.233 e. The van der Waals surface area contributed by atoms with Gasteiger partial charge in [0, 0.05) is 5.92 Å². The van der Waals surface area contributed by atoms with E-state index < -0.39 is 0 Å². The molecule has 5 heteroatoms. The molecular weight excluding hydrogens is 336 g/mol. The molecule has 1 aliphatic carbocycles. The van der Waals surface area contributed by atoms with Crippen LogP contribution in [-0.4, -0.2) is 20.7 Å². The van der Waals surface area contributed by atoms with Gasteiger partial charge in [0.2, 0.25) is 11.9 Å². The number of aromatic nitrogens is 3. The Morgan fingerprint density at radius 2 is 1.67 bits per heavy atom. The molecule has 1 aromatic heterocycles. The SMILES string of the molecule is Cc1ccc([C@H]2C[C@H](c3ccccc3)N(C(=O)C3CC3)c3ncnn32)cc1. The van der Waals surface area contributed by atoms with Crippen LogP contribution in [0, 0.1) is 12.8 Å². The fraction of sp³-hybridized carbons (Fsp3) is 0.318. The second-order valence-electron chi connectivity index (χ2n) is 7.58. The Morgan fingerprint density at radius 1 is 0.963 bits per heavy atom. The van der Waals surface area contributed by atoms with E-state index in [0.29, 0.717) is 5.95 Å². The van der Waals surface area contributed by atoms with Gasteiger partial charge in [0.25, 0.3) is 0 Å². The summed E-state index contributed by atoms with van der Waals surface area (Å²) in [4.78, 5) is 19.5. The Balaban J connectivity index is 1.62. The van der Waals surface area contributed by atoms with Crippen LogP contribution in [0.15, 0.2) is 60.9 Å². The molecule has 0 N–H and O–H groups in total. The summed E-state index contributed by atoms with van der Waals surface area (Å²) in [5, 5.41) is 4.49. The first-order valence-corrected chi connectivity index (χ1v) is 9.56. The second kappa shape index (κ2) is 6.34. The molecule has 2 atom stereocenters. The van der Waals surface area contributed by atoms with E-state index in [1.807, 2.05) is 27.8 Å². The van der Waals surface area contributed by atoms with Gasteiger partial charge in [0.05, 0.1) is 12.1 Å². The average molecular weight is 358 g/mol. The molecule has 0 spiro atoms. The zero-order valence-electron chi connectivity index (χ0n) is 15.3. The fourth-order valence-electron chi connectivity index (χ4n) is 4.00. The van der Waals surface area contributed by atoms with Gasteiger partial charge in [-0.1, -0.05) is 60.2 Å². The third-order valence-corrected chi connectivity index (χ3v) is 5.63. The number of hydrogen-bond acceptors (Lipinski definition) is 3. The zero-order valence-corrected chi connectivity index (χ0v) is 15.3. The maximum absolute atomic E-state index is 13.1. The highest BCUT2D eigenvalue weighted by Gasteiger charge is 2.44. The van der Waals surface area contributed by atoms with Crippen molar-refractivity contribution in [1.82, 2.24) is 14.8 Å². The van der Waals surface area contributed by atoms with Crippen LogP contribution in [0.4, 0.5) is 5.95 Å². The van der Waals surface area contributed by atoms with Crippen molar-refractivity contribution in [3.8, 4) is 0 Å². The van der Waals surface area contributed by atoms with E-state index in [4.69, 9.17) is 0 Å². The average Bonchev–Trinajstić information content (AvgIpc) is 3.44. The number of aryl methyl sites for hydroxylation is 1. The normalized spacial score (nSPS) is 21.7. The molecule has 0 bridgehead atoms. The summed E-state index contributed by atoms with van der Waals surface area (Å²) in [6.07, 6.45) is 4.32. The summed E-state index contributed by atoms with van der Waals surface area (Å²) in [7, 11) is 0. The standard InChI is InChI=1S/C22H22N4O/c1-15-7-9-17(10-8-15)20-13-19(16-5-3-2-4-6-16)25(21(27)18-11-12-18)22-23-14-24-26(20)22/h2-10,14,18-20H,11-13H2,1H3/t19-,20-/m1/s1. The highest BCUT2D eigenvalue weighted by Crippen LogP contribution is 2.44. The van der Waals surface area contributed by atoms with Crippen LogP contribution in [0.25, 0.3) is 0 Å². The van der Waals surface area contributed by atoms with Crippen LogP contribution in [0.1, 0.15) is 48.0 Å². The summed E-state index contributed by atoms with van der Waals surface area (Å²) in [5.74, 6) is 0.982. The third kappa shape index (κ3) is 2.83. The van der Waals surface area contributed by atoms with Crippen molar-refractivity contribution in [2.45, 2.75) is 38.3 Å². The van der Waals surface area contributed by atoms with E-state index in [-0.39, 0.29) is 23.9 Å². The molecular formula is C22H22N4O. The number of carbonyl (C=O) groups excluding carboxylic acids is 1. The number of carbonyl (C=O) groups is 1. The van der Waals surface area contributed by atoms with Crippen LogP contribution in [0.2, 0.25) is 0 Å². The molecule has 136 valence electrons. The zero-order chi connectivity index (χ0) is 18.4. The van der Waals surface area contributed by atoms with E-state index in [2.05, 4.69) is 53.4 Å². The molecule has 1 fully saturated rings. The molecule has 5 rings (SSSR count). The summed E-state index contributed by atoms with van der Waals surface area (Å²) in [6, 6.07) is 18.9. The summed E-state index contributed by atoms with van der Waals surface area (Å²) >= 11 is 0. The van der Waals surface area contributed by atoms with Gasteiger partial charge in [-0.25, -0.2) is 4.68 Å². The van der Waals surface area contributed by atoms with Gasteiger partial charge >= 0.3 is 0 Å². The van der Waals surface area contributed by atoms with Crippen molar-refractivity contribution in [2.75, 3.05) is 4.90 Å². The minimum absolute atomic E-state index is 0.0256. The first-order valence-electron chi connectivity index (χ1n) is 9.56. The van der Waals surface area contributed by atoms with Crippen molar-refractivity contribution in [2.24, 2.45) is 5.92 Å². The lowest BCUT2D eigenvalue weighted by Crippen LogP contribution is -2.43. The lowest BCUT2D eigenvalue weighted by Gasteiger charge is -2.39. The summed E-state index contributed by atoms with van der Waals surface area (Å²) in [6.45, 7) is 2.09. The summed E-state index contributed by atoms with van der Waals surface area (Å²) < 4.78 is 1.92. The minimum Gasteiger partial charge on any atom is -0.274 e. The Kier molecular flexibility index (Phi) is 3.81. The molecule has 2 aromatic carbocycles. The van der Waals surface area contributed by atoms with Gasteiger partial charge in [0.1, 0.15) is 6.33 Å². The Morgan fingerprint density at radius 3 is 2.37 bits per heavy atom. The first-order chi connectivity index (χ1) is 13.2. The monoisotopic (exact) mass is 358 g/mol. The topological polar surface area (TPSA) is 51.0 Å². The summed E-state index contributed by atoms with van der Waals surface area (Å²) in [5.41, 5.74) is 3.59. The molecule has 0 unspecified atom stereocenters. The van der Waals surface area contributed by atoms with Gasteiger partial charge < -0.3 is 0 Å². The smallest absolute Gasteiger partial charge is 0.233 e. The van der Waals surface area contributed by atoms with Crippen LogP contribution in [0.5, 0.6) is 0 Å². The molecule has 1 aliphatic heterocycles. The van der Waals surface area contributed by atoms with Crippen molar-refractivity contribution in [3.63, 3.8) is 0 Å². The minimum atomic E-state index is -0.0256. The molecule has 2 aliphatic rings. The molecule has 0 saturated heterocycles. The van der Waals surface area contributed by atoms with Crippen molar-refractivity contribution in [1.29, 1.82) is 0 Å². The van der Waals surface area contributed by atoms with Crippen molar-refractivity contribution >= 4 is 11.9 Å². The van der Waals surface area contributed by atoms with Gasteiger partial charge in [-0.05, 0) is 37.3 Å². The lowest BCUT2D eigenvalue weighted by atomic mass is 9.91. The number of nitrogens with zero attached hydrogens (tertiary/aromatic N) is 4. The Hall–Kier alpha value is -2.95. The van der Waals surface area contributed by atoms with Crippen LogP contribution >= 0.6 is 0 Å². The number of fused-ring (bicyclic) bond motifs is 1. The largest absolute Gasteiger partial charge is 0.274 e. The van der Waals surface area contributed by atoms with Crippen LogP contribution < -0.4 is 4.90 Å². The maximum atomic E-state index is 13.1. The molecule has 27 heavy (non-hydrogen) atoms. The Labute approximate surface area is 158 Å². The predicted octanol–water partition coefficient (Wildman–Crippen LogP) is 4.06. The number of amides is 1. The highest BCUT2D eigenvalue weighted by molar-refractivity contribution is 5.96. The molecule has 3 aromatic rings. The van der Waals surface area contributed by atoms with Gasteiger partial charge in [-0.15, -0.1) is 0 Å². The van der Waals surface area contributed by atoms with E-state index >= 15 is 0 Å². The highest BCUT2D eigenvalue weighted by atomic mass is 16.2. The van der Waals surface area contributed by atoms with Crippen LogP contribution in [0.3, 0.4) is 0 Å². The van der Waals surface area contributed by atoms with E-state index in [9.17, 15) is 4.79 Å². The molecule has 2 heterocycles.